The van der Waals surface area contributed by atoms with E-state index in [1.165, 1.54) is 79.7 Å². The Kier molecular flexibility index (Phi) is 11.5. The van der Waals surface area contributed by atoms with Gasteiger partial charge in [-0.3, -0.25) is 4.79 Å². The molecule has 1 spiro atoms. The quantitative estimate of drug-likeness (QED) is 0.162. The first-order valence-corrected chi connectivity index (χ1v) is 18.1. The van der Waals surface area contributed by atoms with Crippen LogP contribution in [0.1, 0.15) is 134 Å². The molecule has 0 heterocycles. The van der Waals surface area contributed by atoms with Crippen molar-refractivity contribution in [2.45, 2.75) is 141 Å². The summed E-state index contributed by atoms with van der Waals surface area (Å²) in [7, 11) is -1.77. The normalized spacial score (nSPS) is 24.0. The number of ketones is 1. The smallest absolute Gasteiger partial charge is 0.242 e. The van der Waals surface area contributed by atoms with Gasteiger partial charge in [0.15, 0.2) is 0 Å². The largest absolute Gasteiger partial charge is 0.299 e. The zero-order valence-electron chi connectivity index (χ0n) is 26.2. The summed E-state index contributed by atoms with van der Waals surface area (Å²) in [5.41, 5.74) is 3.95. The molecule has 0 radical (unpaired) electrons. The highest BCUT2D eigenvalue weighted by molar-refractivity contribution is 7.89. The van der Waals surface area contributed by atoms with E-state index in [0.29, 0.717) is 17.2 Å². The predicted molar refractivity (Wildman–Crippen MR) is 170 cm³/mol. The van der Waals surface area contributed by atoms with Crippen LogP contribution in [0.4, 0.5) is 0 Å². The van der Waals surface area contributed by atoms with Gasteiger partial charge in [0.2, 0.25) is 10.0 Å². The maximum atomic E-state index is 13.6. The Bertz CT molecular complexity index is 1180. The summed E-state index contributed by atoms with van der Waals surface area (Å²) in [4.78, 5) is 14.0. The Balaban J connectivity index is 1.29. The lowest BCUT2D eigenvalue weighted by molar-refractivity contribution is -0.126. The summed E-state index contributed by atoms with van der Waals surface area (Å²) in [5, 5.41) is 0. The lowest BCUT2D eigenvalue weighted by Crippen LogP contribution is -2.33. The molecule has 41 heavy (non-hydrogen) atoms. The first-order valence-electron chi connectivity index (χ1n) is 16.7. The van der Waals surface area contributed by atoms with Gasteiger partial charge >= 0.3 is 0 Å². The molecule has 1 saturated carbocycles. The van der Waals surface area contributed by atoms with Crippen LogP contribution in [-0.4, -0.2) is 32.1 Å². The lowest BCUT2D eigenvalue weighted by Gasteiger charge is -2.43. The van der Waals surface area contributed by atoms with Crippen LogP contribution in [0.15, 0.2) is 52.5 Å². The molecule has 0 saturated heterocycles. The summed E-state index contributed by atoms with van der Waals surface area (Å²) < 4.78 is 27.5. The van der Waals surface area contributed by atoms with Crippen LogP contribution < -0.4 is 0 Å². The lowest BCUT2D eigenvalue weighted by atomic mass is 9.61. The van der Waals surface area contributed by atoms with Gasteiger partial charge in [0.25, 0.3) is 0 Å². The summed E-state index contributed by atoms with van der Waals surface area (Å²) in [6.45, 7) is 4.76. The van der Waals surface area contributed by atoms with E-state index in [4.69, 9.17) is 0 Å². The van der Waals surface area contributed by atoms with E-state index >= 15 is 0 Å². The Labute approximate surface area is 251 Å². The third-order valence-corrected chi connectivity index (χ3v) is 12.2. The van der Waals surface area contributed by atoms with Crippen LogP contribution in [0.3, 0.4) is 0 Å². The SMILES string of the molecule is CCCCCCCCCCCC[C@]12CC(CCCCN(C)S(=O)(=O)c3ccc(C)cc3)=C3C=CCC[C@@]3(CC1=O)C2. The number of carbonyl (C=O) groups excluding carboxylic acids is 1. The van der Waals surface area contributed by atoms with E-state index in [1.807, 2.05) is 19.1 Å². The van der Waals surface area contributed by atoms with Gasteiger partial charge < -0.3 is 0 Å². The van der Waals surface area contributed by atoms with Gasteiger partial charge in [-0.15, -0.1) is 0 Å². The molecule has 2 atom stereocenters. The summed E-state index contributed by atoms with van der Waals surface area (Å²) in [5.74, 6) is 0.528. The molecule has 2 bridgehead atoms. The molecule has 0 aromatic heterocycles. The standard InChI is InChI=1S/C36H55NO3S/c1-4-5-6-7-8-9-10-11-12-15-25-36-27-31(33-19-13-16-24-35(33,29-36)28-34(36)38)18-14-17-26-37(3)41(39,40)32-22-20-30(2)21-23-32/h13,19-23H,4-12,14-18,24-29H2,1-3H3/t35-,36-/m1/s1. The minimum Gasteiger partial charge on any atom is -0.299 e. The molecule has 4 nitrogen and oxygen atoms in total. The van der Waals surface area contributed by atoms with E-state index < -0.39 is 10.0 Å². The van der Waals surface area contributed by atoms with E-state index in [9.17, 15) is 13.2 Å². The molecule has 3 aliphatic rings. The fraction of sp³-hybridized carbons (Fsp3) is 0.694. The number of nitrogens with zero attached hydrogens (tertiary/aromatic N) is 1. The fourth-order valence-corrected chi connectivity index (χ4v) is 9.08. The topological polar surface area (TPSA) is 54.5 Å². The second-order valence-corrected chi connectivity index (χ2v) is 15.5. The Hall–Kier alpha value is -1.72. The minimum absolute atomic E-state index is 0.0729. The number of hydrogen-bond acceptors (Lipinski definition) is 3. The van der Waals surface area contributed by atoms with Gasteiger partial charge in [0.05, 0.1) is 4.90 Å². The number of unbranched alkanes of at least 4 members (excludes halogenated alkanes) is 10. The number of carbonyl (C=O) groups is 1. The summed E-state index contributed by atoms with van der Waals surface area (Å²) in [6, 6.07) is 7.11. The average Bonchev–Trinajstić information content (AvgIpc) is 3.17. The van der Waals surface area contributed by atoms with Crippen molar-refractivity contribution in [3.63, 3.8) is 0 Å². The van der Waals surface area contributed by atoms with Crippen molar-refractivity contribution in [1.82, 2.24) is 4.31 Å². The van der Waals surface area contributed by atoms with Gasteiger partial charge in [-0.05, 0) is 76.0 Å². The molecule has 1 aromatic carbocycles. The van der Waals surface area contributed by atoms with Crippen molar-refractivity contribution in [2.75, 3.05) is 13.6 Å². The van der Waals surface area contributed by atoms with Crippen LogP contribution in [0.25, 0.3) is 0 Å². The van der Waals surface area contributed by atoms with Crippen LogP contribution in [0.5, 0.6) is 0 Å². The first-order chi connectivity index (χ1) is 19.7. The second kappa shape index (κ2) is 14.6. The van der Waals surface area contributed by atoms with Crippen molar-refractivity contribution in [3.8, 4) is 0 Å². The van der Waals surface area contributed by atoms with Crippen LogP contribution in [0.2, 0.25) is 0 Å². The molecule has 3 aliphatic carbocycles. The summed E-state index contributed by atoms with van der Waals surface area (Å²) in [6.07, 6.45) is 26.7. The van der Waals surface area contributed by atoms with Crippen molar-refractivity contribution in [2.24, 2.45) is 10.8 Å². The van der Waals surface area contributed by atoms with E-state index in [-0.39, 0.29) is 10.8 Å². The Morgan fingerprint density at radius 3 is 2.20 bits per heavy atom. The molecule has 0 amide bonds. The molecule has 4 rings (SSSR count). The molecule has 5 heteroatoms. The number of benzene rings is 1. The van der Waals surface area contributed by atoms with Gasteiger partial charge in [0.1, 0.15) is 5.78 Å². The van der Waals surface area contributed by atoms with Crippen LogP contribution in [0, 0.1) is 17.8 Å². The number of sulfonamides is 1. The molecular weight excluding hydrogens is 526 g/mol. The van der Waals surface area contributed by atoms with Gasteiger partial charge in [-0.1, -0.05) is 107 Å². The molecule has 0 aliphatic heterocycles. The number of aryl methyl sites for hydroxylation is 1. The summed E-state index contributed by atoms with van der Waals surface area (Å²) >= 11 is 0. The maximum absolute atomic E-state index is 13.6. The van der Waals surface area contributed by atoms with Crippen molar-refractivity contribution >= 4 is 15.8 Å². The van der Waals surface area contributed by atoms with Crippen molar-refractivity contribution in [3.05, 3.63) is 53.1 Å². The van der Waals surface area contributed by atoms with Gasteiger partial charge in [-0.25, -0.2) is 12.7 Å². The number of rotatable bonds is 18. The van der Waals surface area contributed by atoms with Crippen LogP contribution in [-0.2, 0) is 14.8 Å². The molecule has 228 valence electrons. The molecule has 0 unspecified atom stereocenters. The van der Waals surface area contributed by atoms with Gasteiger partial charge in [0, 0.05) is 30.8 Å². The number of allylic oxidation sites excluding steroid dienone is 4. The third kappa shape index (κ3) is 7.82. The van der Waals surface area contributed by atoms with Crippen molar-refractivity contribution in [1.29, 1.82) is 0 Å². The molecule has 1 aromatic rings. The average molecular weight is 582 g/mol. The number of Topliss-reactive ketones (excluding diaryl/α,β-unsaturated/α-hetero) is 1. The van der Waals surface area contributed by atoms with E-state index in [2.05, 4.69) is 19.1 Å². The highest BCUT2D eigenvalue weighted by Gasteiger charge is 2.58. The van der Waals surface area contributed by atoms with Gasteiger partial charge in [-0.2, -0.15) is 0 Å². The third-order valence-electron chi connectivity index (χ3n) is 10.3. The Morgan fingerprint density at radius 2 is 1.51 bits per heavy atom. The second-order valence-electron chi connectivity index (χ2n) is 13.5. The Morgan fingerprint density at radius 1 is 0.854 bits per heavy atom. The zero-order chi connectivity index (χ0) is 29.3. The monoisotopic (exact) mass is 581 g/mol. The van der Waals surface area contributed by atoms with Crippen molar-refractivity contribution < 1.29 is 13.2 Å². The highest BCUT2D eigenvalue weighted by Crippen LogP contribution is 2.64. The predicted octanol–water partition coefficient (Wildman–Crippen LogP) is 9.48. The highest BCUT2D eigenvalue weighted by atomic mass is 32.2. The minimum atomic E-state index is -3.46. The number of hydrogen-bond donors (Lipinski definition) is 0. The first kappa shape index (κ1) is 32.2. The molecular formula is C36H55NO3S. The van der Waals surface area contributed by atoms with E-state index in [0.717, 1.165) is 63.4 Å². The molecule has 0 N–H and O–H groups in total. The fourth-order valence-electron chi connectivity index (χ4n) is 7.87. The molecule has 1 fully saturated rings. The number of fused-ring (bicyclic) bond motifs is 1. The maximum Gasteiger partial charge on any atom is 0.242 e. The zero-order valence-corrected chi connectivity index (χ0v) is 27.0. The van der Waals surface area contributed by atoms with E-state index in [1.54, 1.807) is 19.2 Å². The van der Waals surface area contributed by atoms with Crippen LogP contribution >= 0.6 is 0 Å².